The first-order valence-electron chi connectivity index (χ1n) is 8.67. The van der Waals surface area contributed by atoms with Gasteiger partial charge in [0.1, 0.15) is 6.61 Å². The molecule has 5 nitrogen and oxygen atoms in total. The van der Waals surface area contributed by atoms with Crippen molar-refractivity contribution in [3.8, 4) is 0 Å². The van der Waals surface area contributed by atoms with E-state index >= 15 is 0 Å². The molecule has 2 aromatic rings. The van der Waals surface area contributed by atoms with E-state index in [4.69, 9.17) is 0 Å². The third-order valence-electron chi connectivity index (χ3n) is 4.02. The maximum atomic E-state index is 12.1. The first-order chi connectivity index (χ1) is 13.2. The minimum atomic E-state index is -4.33. The fraction of sp³-hybridized carbons (Fsp3) is 0.421. The molecule has 2 amide bonds. The summed E-state index contributed by atoms with van der Waals surface area (Å²) in [6.45, 7) is -0.580. The van der Waals surface area contributed by atoms with E-state index in [1.54, 1.807) is 35.6 Å². The van der Waals surface area contributed by atoms with Gasteiger partial charge in [0.2, 0.25) is 0 Å². The lowest BCUT2D eigenvalue weighted by molar-refractivity contribution is -0.176. The van der Waals surface area contributed by atoms with Crippen molar-refractivity contribution < 1.29 is 22.7 Å². The topological polar surface area (TPSA) is 53.6 Å². The molecule has 0 radical (unpaired) electrons. The maximum Gasteiger partial charge on any atom is 0.411 e. The Morgan fingerprint density at radius 2 is 1.82 bits per heavy atom. The van der Waals surface area contributed by atoms with Crippen molar-refractivity contribution in [2.75, 3.05) is 27.2 Å². The largest absolute Gasteiger partial charge is 0.411 e. The van der Waals surface area contributed by atoms with Crippen LogP contribution < -0.4 is 10.6 Å². The maximum absolute atomic E-state index is 12.1. The second kappa shape index (κ2) is 10.4. The number of nitrogens with one attached hydrogen (secondary N) is 2. The summed E-state index contributed by atoms with van der Waals surface area (Å²) in [6, 6.07) is 8.72. The molecule has 2 N–H and O–H groups in total. The Morgan fingerprint density at radius 1 is 1.14 bits per heavy atom. The molecule has 1 heterocycles. The minimum Gasteiger partial charge on any atom is -0.367 e. The molecule has 0 saturated carbocycles. The molecule has 0 aliphatic carbocycles. The second-order valence-corrected chi connectivity index (χ2v) is 7.30. The van der Waals surface area contributed by atoms with Crippen LogP contribution in [0.25, 0.3) is 0 Å². The number of nitrogens with zero attached hydrogens (tertiary/aromatic N) is 1. The Morgan fingerprint density at radius 3 is 2.39 bits per heavy atom. The Hall–Kier alpha value is -2.10. The van der Waals surface area contributed by atoms with Crippen molar-refractivity contribution in [1.29, 1.82) is 0 Å². The van der Waals surface area contributed by atoms with E-state index in [9.17, 15) is 18.0 Å². The van der Waals surface area contributed by atoms with Gasteiger partial charge in [-0.15, -0.1) is 0 Å². The summed E-state index contributed by atoms with van der Waals surface area (Å²) in [5.74, 6) is 0. The molecule has 1 aromatic heterocycles. The first-order valence-corrected chi connectivity index (χ1v) is 9.61. The Bertz CT molecular complexity index is 719. The van der Waals surface area contributed by atoms with Crippen LogP contribution in [0.5, 0.6) is 0 Å². The van der Waals surface area contributed by atoms with E-state index < -0.39 is 12.8 Å². The summed E-state index contributed by atoms with van der Waals surface area (Å²) in [5, 5.41) is 9.70. The molecule has 28 heavy (non-hydrogen) atoms. The Kier molecular flexibility index (Phi) is 8.28. The summed E-state index contributed by atoms with van der Waals surface area (Å²) in [5.41, 5.74) is 2.64. The van der Waals surface area contributed by atoms with Crippen LogP contribution >= 0.6 is 11.3 Å². The number of hydrogen-bond acceptors (Lipinski definition) is 4. The number of amides is 2. The average Bonchev–Trinajstić information content (AvgIpc) is 3.14. The number of carbonyl (C=O) groups is 1. The van der Waals surface area contributed by atoms with Gasteiger partial charge in [-0.05, 0) is 47.6 Å². The smallest absolute Gasteiger partial charge is 0.367 e. The first kappa shape index (κ1) is 22.2. The lowest BCUT2D eigenvalue weighted by Gasteiger charge is -2.24. The van der Waals surface area contributed by atoms with Gasteiger partial charge in [-0.25, -0.2) is 4.79 Å². The fourth-order valence-electron chi connectivity index (χ4n) is 2.54. The molecule has 0 bridgehead atoms. The van der Waals surface area contributed by atoms with E-state index in [1.165, 1.54) is 0 Å². The molecule has 154 valence electrons. The van der Waals surface area contributed by atoms with Gasteiger partial charge in [0.15, 0.2) is 0 Å². The molecule has 1 unspecified atom stereocenters. The molecule has 9 heteroatoms. The van der Waals surface area contributed by atoms with Crippen LogP contribution in [-0.4, -0.2) is 44.4 Å². The van der Waals surface area contributed by atoms with Gasteiger partial charge in [0, 0.05) is 13.1 Å². The van der Waals surface area contributed by atoms with Crippen LogP contribution in [0.15, 0.2) is 41.1 Å². The van der Waals surface area contributed by atoms with Crippen LogP contribution in [0, 0.1) is 0 Å². The molecular weight excluding hydrogens is 391 g/mol. The highest BCUT2D eigenvalue weighted by molar-refractivity contribution is 7.07. The van der Waals surface area contributed by atoms with E-state index in [0.717, 1.165) is 11.1 Å². The van der Waals surface area contributed by atoms with E-state index in [0.29, 0.717) is 18.7 Å². The molecule has 0 spiro atoms. The molecule has 0 aliphatic heterocycles. The van der Waals surface area contributed by atoms with Gasteiger partial charge >= 0.3 is 12.2 Å². The molecule has 1 atom stereocenters. The zero-order valence-corrected chi connectivity index (χ0v) is 16.6. The zero-order chi connectivity index (χ0) is 20.6. The number of urea groups is 1. The lowest BCUT2D eigenvalue weighted by Crippen LogP contribution is -2.40. The number of carbonyl (C=O) groups excluding carboxylic acids is 1. The molecule has 2 rings (SSSR count). The highest BCUT2D eigenvalue weighted by atomic mass is 32.1. The number of alkyl halides is 3. The zero-order valence-electron chi connectivity index (χ0n) is 15.8. The van der Waals surface area contributed by atoms with Crippen molar-refractivity contribution in [3.05, 3.63) is 57.8 Å². The molecule has 0 fully saturated rings. The summed E-state index contributed by atoms with van der Waals surface area (Å²) < 4.78 is 40.8. The highest BCUT2D eigenvalue weighted by Gasteiger charge is 2.27. The second-order valence-electron chi connectivity index (χ2n) is 6.52. The van der Waals surface area contributed by atoms with Crippen molar-refractivity contribution in [2.24, 2.45) is 0 Å². The van der Waals surface area contributed by atoms with E-state index in [-0.39, 0.29) is 18.7 Å². The number of hydrogen-bond donors (Lipinski definition) is 2. The molecule has 0 aliphatic rings. The van der Waals surface area contributed by atoms with Gasteiger partial charge in [-0.2, -0.15) is 24.5 Å². The van der Waals surface area contributed by atoms with Crippen molar-refractivity contribution in [1.82, 2.24) is 15.5 Å². The summed E-state index contributed by atoms with van der Waals surface area (Å²) in [7, 11) is 3.92. The van der Waals surface area contributed by atoms with E-state index in [2.05, 4.69) is 20.8 Å². The monoisotopic (exact) mass is 415 g/mol. The number of halogens is 3. The van der Waals surface area contributed by atoms with Gasteiger partial charge in [0.25, 0.3) is 0 Å². The number of ether oxygens (including phenoxy) is 1. The van der Waals surface area contributed by atoms with Crippen LogP contribution in [0.3, 0.4) is 0 Å². The Labute approximate surface area is 166 Å². The summed E-state index contributed by atoms with van der Waals surface area (Å²) in [4.78, 5) is 14.1. The highest BCUT2D eigenvalue weighted by Crippen LogP contribution is 2.20. The van der Waals surface area contributed by atoms with Crippen LogP contribution in [-0.2, 0) is 17.9 Å². The number of thiophene rings is 1. The Balaban J connectivity index is 1.73. The van der Waals surface area contributed by atoms with Gasteiger partial charge in [0.05, 0.1) is 12.6 Å². The minimum absolute atomic E-state index is 0.0907. The van der Waals surface area contributed by atoms with Crippen LogP contribution in [0.4, 0.5) is 18.0 Å². The normalized spacial score (nSPS) is 12.8. The van der Waals surface area contributed by atoms with Crippen molar-refractivity contribution in [2.45, 2.75) is 25.4 Å². The molecular formula is C19H24F3N3O2S. The molecule has 1 aromatic carbocycles. The predicted molar refractivity (Wildman–Crippen MR) is 103 cm³/mol. The fourth-order valence-corrected chi connectivity index (χ4v) is 3.24. The standard InChI is InChI=1S/C19H24F3N3O2S/c1-25(2)17(16-7-8-28-12-16)10-24-18(26)23-9-14-3-5-15(6-4-14)11-27-13-19(20,21)22/h3-8,12,17H,9-11,13H2,1-2H3,(H2,23,24,26). The van der Waals surface area contributed by atoms with Crippen LogP contribution in [0.2, 0.25) is 0 Å². The summed E-state index contributed by atoms with van der Waals surface area (Å²) in [6.07, 6.45) is -4.33. The van der Waals surface area contributed by atoms with Gasteiger partial charge in [-0.1, -0.05) is 24.3 Å². The quantitative estimate of drug-likeness (QED) is 0.653. The SMILES string of the molecule is CN(C)C(CNC(=O)NCc1ccc(COCC(F)(F)F)cc1)c1ccsc1. The number of rotatable bonds is 9. The van der Waals surface area contributed by atoms with Crippen LogP contribution in [0.1, 0.15) is 22.7 Å². The third-order valence-corrected chi connectivity index (χ3v) is 4.72. The lowest BCUT2D eigenvalue weighted by atomic mass is 10.1. The van der Waals surface area contributed by atoms with Crippen molar-refractivity contribution in [3.63, 3.8) is 0 Å². The number of likely N-dealkylation sites (N-methyl/N-ethyl adjacent to an activating group) is 1. The summed E-state index contributed by atoms with van der Waals surface area (Å²) >= 11 is 1.61. The van der Waals surface area contributed by atoms with Gasteiger partial charge < -0.3 is 20.3 Å². The van der Waals surface area contributed by atoms with E-state index in [1.807, 2.05) is 30.4 Å². The third kappa shape index (κ3) is 7.87. The number of benzene rings is 1. The predicted octanol–water partition coefficient (Wildman–Crippen LogP) is 3.93. The average molecular weight is 415 g/mol. The molecule has 0 saturated heterocycles. The van der Waals surface area contributed by atoms with Crippen molar-refractivity contribution >= 4 is 17.4 Å². The van der Waals surface area contributed by atoms with Gasteiger partial charge in [-0.3, -0.25) is 0 Å².